The molecule has 24 heavy (non-hydrogen) atoms. The molecule has 0 N–H and O–H groups in total. The summed E-state index contributed by atoms with van der Waals surface area (Å²) in [6.07, 6.45) is 5.86. The van der Waals surface area contributed by atoms with E-state index in [0.717, 1.165) is 43.2 Å². The van der Waals surface area contributed by atoms with Crippen LogP contribution in [0.15, 0.2) is 24.3 Å². The second kappa shape index (κ2) is 6.39. The van der Waals surface area contributed by atoms with Crippen LogP contribution in [0.4, 0.5) is 0 Å². The molecule has 5 heteroatoms. The molecule has 4 atom stereocenters. The Hall–Kier alpha value is -0.980. The zero-order valence-electron chi connectivity index (χ0n) is 14.5. The number of fused-ring (bicyclic) bond motifs is 3. The van der Waals surface area contributed by atoms with Crippen LogP contribution in [-0.4, -0.2) is 26.1 Å². The highest BCUT2D eigenvalue weighted by atomic mass is 17.3. The summed E-state index contributed by atoms with van der Waals surface area (Å²) < 4.78 is 17.3. The van der Waals surface area contributed by atoms with Crippen LogP contribution in [0, 0.1) is 5.92 Å². The predicted octanol–water partition coefficient (Wildman–Crippen LogP) is 3.66. The van der Waals surface area contributed by atoms with Gasteiger partial charge < -0.3 is 14.2 Å². The lowest BCUT2D eigenvalue weighted by Gasteiger charge is -2.49. The summed E-state index contributed by atoms with van der Waals surface area (Å²) in [5.41, 5.74) is 1.64. The molecule has 4 fully saturated rings. The van der Waals surface area contributed by atoms with Crippen molar-refractivity contribution in [1.82, 2.24) is 0 Å². The molecule has 1 aromatic carbocycles. The summed E-state index contributed by atoms with van der Waals surface area (Å²) in [7, 11) is 3.40. The summed E-state index contributed by atoms with van der Waals surface area (Å²) in [5.74, 6) is -0.456. The molecule has 0 radical (unpaired) electrons. The monoisotopic (exact) mass is 334 g/mol. The number of benzene rings is 1. The minimum atomic E-state index is -0.880. The van der Waals surface area contributed by atoms with Gasteiger partial charge in [-0.15, -0.1) is 0 Å². The molecule has 4 aliphatic rings. The van der Waals surface area contributed by atoms with Gasteiger partial charge in [-0.1, -0.05) is 37.1 Å². The predicted molar refractivity (Wildman–Crippen MR) is 86.8 cm³/mol. The summed E-state index contributed by atoms with van der Waals surface area (Å²) in [4.78, 5) is 12.0. The Labute approximate surface area is 143 Å². The van der Waals surface area contributed by atoms with Crippen molar-refractivity contribution in [1.29, 1.82) is 0 Å². The molecule has 1 aliphatic carbocycles. The topological polar surface area (TPSA) is 46.2 Å². The summed E-state index contributed by atoms with van der Waals surface area (Å²) in [6.45, 7) is 0.595. The fraction of sp³-hybridized carbons (Fsp3) is 0.684. The lowest BCUT2D eigenvalue weighted by molar-refractivity contribution is -0.558. The average molecular weight is 334 g/mol. The summed E-state index contributed by atoms with van der Waals surface area (Å²) in [6, 6.07) is 8.17. The minimum absolute atomic E-state index is 0.391. The zero-order chi connectivity index (χ0) is 16.6. The Kier molecular flexibility index (Phi) is 4.39. The first-order chi connectivity index (χ1) is 11.7. The second-order valence-corrected chi connectivity index (χ2v) is 7.17. The molecular weight excluding hydrogens is 308 g/mol. The number of rotatable bonds is 4. The smallest absolute Gasteiger partial charge is 0.230 e. The van der Waals surface area contributed by atoms with Crippen LogP contribution >= 0.6 is 0 Å². The number of hydrogen-bond acceptors (Lipinski definition) is 5. The van der Waals surface area contributed by atoms with Gasteiger partial charge in [0.25, 0.3) is 0 Å². The third-order valence-electron chi connectivity index (χ3n) is 5.83. The second-order valence-electron chi connectivity index (χ2n) is 7.17. The van der Waals surface area contributed by atoms with Crippen LogP contribution in [0.1, 0.15) is 49.7 Å². The van der Waals surface area contributed by atoms with E-state index >= 15 is 0 Å². The zero-order valence-corrected chi connectivity index (χ0v) is 14.5. The van der Waals surface area contributed by atoms with Gasteiger partial charge in [-0.05, 0) is 30.7 Å². The van der Waals surface area contributed by atoms with Gasteiger partial charge in [0.2, 0.25) is 5.79 Å². The lowest BCUT2D eigenvalue weighted by atomic mass is 9.73. The van der Waals surface area contributed by atoms with E-state index in [0.29, 0.717) is 12.5 Å². The van der Waals surface area contributed by atoms with E-state index < -0.39 is 17.7 Å². The first kappa shape index (κ1) is 16.5. The summed E-state index contributed by atoms with van der Waals surface area (Å²) >= 11 is 0. The van der Waals surface area contributed by atoms with Gasteiger partial charge in [0.05, 0.1) is 6.61 Å². The van der Waals surface area contributed by atoms with Gasteiger partial charge in [0.1, 0.15) is 0 Å². The van der Waals surface area contributed by atoms with Crippen LogP contribution in [-0.2, 0) is 36.4 Å². The highest BCUT2D eigenvalue weighted by Crippen LogP contribution is 2.55. The highest BCUT2D eigenvalue weighted by Gasteiger charge is 2.61. The lowest BCUT2D eigenvalue weighted by Crippen LogP contribution is -2.59. The first-order valence-corrected chi connectivity index (χ1v) is 8.88. The largest absolute Gasteiger partial charge is 0.380 e. The highest BCUT2D eigenvalue weighted by molar-refractivity contribution is 5.26. The van der Waals surface area contributed by atoms with Gasteiger partial charge in [-0.25, -0.2) is 4.89 Å². The summed E-state index contributed by atoms with van der Waals surface area (Å²) in [5, 5.41) is 0. The average Bonchev–Trinajstić information content (AvgIpc) is 2.88. The van der Waals surface area contributed by atoms with Gasteiger partial charge in [-0.2, -0.15) is 4.89 Å². The van der Waals surface area contributed by atoms with Gasteiger partial charge in [-0.3, -0.25) is 0 Å². The van der Waals surface area contributed by atoms with Gasteiger partial charge >= 0.3 is 0 Å². The molecular formula is C19H26O5. The molecule has 3 saturated heterocycles. The van der Waals surface area contributed by atoms with Crippen molar-refractivity contribution in [3.8, 4) is 0 Å². The molecule has 0 aromatic heterocycles. The van der Waals surface area contributed by atoms with Crippen molar-refractivity contribution in [3.05, 3.63) is 35.4 Å². The normalized spacial score (nSPS) is 38.6. The van der Waals surface area contributed by atoms with Gasteiger partial charge in [0, 0.05) is 26.2 Å². The molecule has 0 unspecified atom stereocenters. The van der Waals surface area contributed by atoms with E-state index in [2.05, 4.69) is 0 Å². The molecule has 0 amide bonds. The van der Waals surface area contributed by atoms with E-state index in [4.69, 9.17) is 24.0 Å². The molecule has 1 spiro atoms. The van der Waals surface area contributed by atoms with Crippen molar-refractivity contribution in [2.24, 2.45) is 5.92 Å². The van der Waals surface area contributed by atoms with Gasteiger partial charge in [0.15, 0.2) is 11.9 Å². The number of hydrogen-bond donors (Lipinski definition) is 0. The van der Waals surface area contributed by atoms with Crippen molar-refractivity contribution < 1.29 is 24.0 Å². The molecule has 3 aliphatic heterocycles. The van der Waals surface area contributed by atoms with Crippen molar-refractivity contribution >= 4 is 0 Å². The maximum atomic E-state index is 6.39. The molecule has 5 nitrogen and oxygen atoms in total. The Bertz CT molecular complexity index is 570. The fourth-order valence-electron chi connectivity index (χ4n) is 4.52. The number of methoxy groups -OCH3 is 2. The Morgan fingerprint density at radius 3 is 2.62 bits per heavy atom. The SMILES string of the molecule is COCc1ccc([C@]23CC[C@H]4CCCC[C@@]4(OO2)[C@@H](OC)O3)cc1. The third kappa shape index (κ3) is 2.50. The molecule has 5 rings (SSSR count). The van der Waals surface area contributed by atoms with E-state index in [9.17, 15) is 0 Å². The van der Waals surface area contributed by atoms with Crippen molar-refractivity contribution in [3.63, 3.8) is 0 Å². The van der Waals surface area contributed by atoms with Crippen LogP contribution in [0.2, 0.25) is 0 Å². The van der Waals surface area contributed by atoms with Crippen LogP contribution in [0.25, 0.3) is 0 Å². The van der Waals surface area contributed by atoms with Crippen LogP contribution in [0.5, 0.6) is 0 Å². The Balaban J connectivity index is 1.66. The molecule has 132 valence electrons. The third-order valence-corrected chi connectivity index (χ3v) is 5.83. The standard InChI is InChI=1S/C19H26O5/c1-20-13-14-6-8-16(9-7-14)19-12-10-15-5-3-4-11-18(15,23-24-19)17(21-2)22-19/h6-9,15,17H,3-5,10-13H2,1-2H3/t15-,17+,18+,19+/m1/s1. The maximum absolute atomic E-state index is 6.39. The van der Waals surface area contributed by atoms with E-state index in [1.807, 2.05) is 24.3 Å². The quantitative estimate of drug-likeness (QED) is 0.787. The van der Waals surface area contributed by atoms with Crippen molar-refractivity contribution in [2.45, 2.75) is 62.8 Å². The van der Waals surface area contributed by atoms with Crippen LogP contribution in [0.3, 0.4) is 0 Å². The minimum Gasteiger partial charge on any atom is -0.380 e. The number of ether oxygens (including phenoxy) is 3. The Morgan fingerprint density at radius 2 is 1.88 bits per heavy atom. The maximum Gasteiger partial charge on any atom is 0.230 e. The molecule has 1 aromatic rings. The van der Waals surface area contributed by atoms with Crippen LogP contribution < -0.4 is 0 Å². The van der Waals surface area contributed by atoms with E-state index in [1.54, 1.807) is 14.2 Å². The fourth-order valence-corrected chi connectivity index (χ4v) is 4.52. The van der Waals surface area contributed by atoms with E-state index in [1.165, 1.54) is 6.42 Å². The first-order valence-electron chi connectivity index (χ1n) is 8.88. The van der Waals surface area contributed by atoms with Crippen molar-refractivity contribution in [2.75, 3.05) is 14.2 Å². The molecule has 1 saturated carbocycles. The Morgan fingerprint density at radius 1 is 1.04 bits per heavy atom. The van der Waals surface area contributed by atoms with E-state index in [-0.39, 0.29) is 0 Å². The molecule has 3 heterocycles. The molecule has 2 bridgehead atoms.